The molecule has 0 aromatic rings. The molecule has 1 amide bonds. The van der Waals surface area contributed by atoms with Crippen LogP contribution >= 0.6 is 0 Å². The van der Waals surface area contributed by atoms with Crippen molar-refractivity contribution in [1.29, 1.82) is 0 Å². The summed E-state index contributed by atoms with van der Waals surface area (Å²) in [6.07, 6.45) is 2.14. The molecule has 0 spiro atoms. The number of rotatable bonds is 3. The van der Waals surface area contributed by atoms with E-state index in [9.17, 15) is 4.79 Å². The van der Waals surface area contributed by atoms with Crippen LogP contribution in [0.3, 0.4) is 0 Å². The van der Waals surface area contributed by atoms with Crippen molar-refractivity contribution in [2.75, 3.05) is 39.3 Å². The first kappa shape index (κ1) is 11.5. The van der Waals surface area contributed by atoms with Crippen molar-refractivity contribution in [2.24, 2.45) is 5.73 Å². The van der Waals surface area contributed by atoms with E-state index in [4.69, 9.17) is 5.73 Å². The molecule has 0 radical (unpaired) electrons. The van der Waals surface area contributed by atoms with Crippen LogP contribution in [-0.2, 0) is 4.79 Å². The SMILES string of the molecule is CC(=O)N1CCCN(CCCN)CC1. The minimum atomic E-state index is 0.200. The molecule has 4 heteroatoms. The van der Waals surface area contributed by atoms with Gasteiger partial charge in [-0.1, -0.05) is 0 Å². The second-order valence-electron chi connectivity index (χ2n) is 3.84. The Balaban J connectivity index is 2.29. The van der Waals surface area contributed by atoms with E-state index >= 15 is 0 Å². The smallest absolute Gasteiger partial charge is 0.219 e. The molecule has 1 aliphatic heterocycles. The zero-order valence-corrected chi connectivity index (χ0v) is 9.04. The van der Waals surface area contributed by atoms with Gasteiger partial charge >= 0.3 is 0 Å². The monoisotopic (exact) mass is 199 g/mol. The summed E-state index contributed by atoms with van der Waals surface area (Å²) in [6, 6.07) is 0. The standard InChI is InChI=1S/C10H21N3O/c1-10(14)13-7-3-6-12(8-9-13)5-2-4-11/h2-9,11H2,1H3. The van der Waals surface area contributed by atoms with Crippen LogP contribution in [0.4, 0.5) is 0 Å². The molecule has 0 aliphatic carbocycles. The summed E-state index contributed by atoms with van der Waals surface area (Å²) in [7, 11) is 0. The first-order valence-electron chi connectivity index (χ1n) is 5.42. The molecule has 82 valence electrons. The Hall–Kier alpha value is -0.610. The number of carbonyl (C=O) groups excluding carboxylic acids is 1. The highest BCUT2D eigenvalue weighted by atomic mass is 16.2. The van der Waals surface area contributed by atoms with Gasteiger partial charge in [-0.3, -0.25) is 4.79 Å². The van der Waals surface area contributed by atoms with Crippen LogP contribution in [0.1, 0.15) is 19.8 Å². The number of hydrogen-bond donors (Lipinski definition) is 1. The molecule has 2 N–H and O–H groups in total. The van der Waals surface area contributed by atoms with Gasteiger partial charge in [0.15, 0.2) is 0 Å². The molecular formula is C10H21N3O. The van der Waals surface area contributed by atoms with Crippen molar-refractivity contribution in [1.82, 2.24) is 9.80 Å². The number of nitrogens with zero attached hydrogens (tertiary/aromatic N) is 2. The van der Waals surface area contributed by atoms with Crippen LogP contribution in [0.5, 0.6) is 0 Å². The summed E-state index contributed by atoms with van der Waals surface area (Å²) in [5.74, 6) is 0.200. The van der Waals surface area contributed by atoms with E-state index in [1.165, 1.54) is 0 Å². The maximum Gasteiger partial charge on any atom is 0.219 e. The minimum absolute atomic E-state index is 0.200. The molecule has 0 aromatic carbocycles. The third-order valence-electron chi connectivity index (χ3n) is 2.71. The predicted molar refractivity (Wildman–Crippen MR) is 57.0 cm³/mol. The van der Waals surface area contributed by atoms with Crippen molar-refractivity contribution < 1.29 is 4.79 Å². The molecule has 0 bridgehead atoms. The first-order valence-corrected chi connectivity index (χ1v) is 5.42. The average Bonchev–Trinajstić information content (AvgIpc) is 2.39. The maximum atomic E-state index is 11.2. The summed E-state index contributed by atoms with van der Waals surface area (Å²) in [4.78, 5) is 15.5. The lowest BCUT2D eigenvalue weighted by Crippen LogP contribution is -2.34. The third kappa shape index (κ3) is 3.64. The van der Waals surface area contributed by atoms with Crippen LogP contribution in [-0.4, -0.2) is 55.0 Å². The number of hydrogen-bond acceptors (Lipinski definition) is 3. The van der Waals surface area contributed by atoms with Crippen LogP contribution in [0.25, 0.3) is 0 Å². The summed E-state index contributed by atoms with van der Waals surface area (Å²) >= 11 is 0. The largest absolute Gasteiger partial charge is 0.342 e. The summed E-state index contributed by atoms with van der Waals surface area (Å²) in [5.41, 5.74) is 5.47. The van der Waals surface area contributed by atoms with Gasteiger partial charge in [0.25, 0.3) is 0 Å². The zero-order chi connectivity index (χ0) is 10.4. The Labute approximate surface area is 86.0 Å². The van der Waals surface area contributed by atoms with E-state index in [0.29, 0.717) is 0 Å². The minimum Gasteiger partial charge on any atom is -0.342 e. The van der Waals surface area contributed by atoms with E-state index in [0.717, 1.165) is 52.1 Å². The van der Waals surface area contributed by atoms with Crippen molar-refractivity contribution in [3.63, 3.8) is 0 Å². The number of carbonyl (C=O) groups is 1. The van der Waals surface area contributed by atoms with Crippen molar-refractivity contribution in [2.45, 2.75) is 19.8 Å². The maximum absolute atomic E-state index is 11.2. The average molecular weight is 199 g/mol. The molecule has 1 fully saturated rings. The quantitative estimate of drug-likeness (QED) is 0.690. The van der Waals surface area contributed by atoms with Gasteiger partial charge in [-0.05, 0) is 32.5 Å². The lowest BCUT2D eigenvalue weighted by atomic mass is 10.3. The van der Waals surface area contributed by atoms with E-state index in [2.05, 4.69) is 4.90 Å². The molecule has 0 unspecified atom stereocenters. The summed E-state index contributed by atoms with van der Waals surface area (Å²) in [6.45, 7) is 7.36. The van der Waals surface area contributed by atoms with Crippen LogP contribution in [0.15, 0.2) is 0 Å². The van der Waals surface area contributed by atoms with Crippen molar-refractivity contribution in [3.05, 3.63) is 0 Å². The molecule has 14 heavy (non-hydrogen) atoms. The van der Waals surface area contributed by atoms with Crippen molar-refractivity contribution >= 4 is 5.91 Å². The first-order chi connectivity index (χ1) is 6.74. The van der Waals surface area contributed by atoms with E-state index in [1.807, 2.05) is 4.90 Å². The Morgan fingerprint density at radius 3 is 2.71 bits per heavy atom. The third-order valence-corrected chi connectivity index (χ3v) is 2.71. The molecule has 1 heterocycles. The Kier molecular flexibility index (Phi) is 4.90. The van der Waals surface area contributed by atoms with Crippen molar-refractivity contribution in [3.8, 4) is 0 Å². The molecule has 0 saturated carbocycles. The fourth-order valence-corrected chi connectivity index (χ4v) is 1.82. The van der Waals surface area contributed by atoms with Gasteiger partial charge in [0.1, 0.15) is 0 Å². The molecule has 1 rings (SSSR count). The highest BCUT2D eigenvalue weighted by molar-refractivity contribution is 5.73. The summed E-state index contributed by atoms with van der Waals surface area (Å²) in [5, 5.41) is 0. The highest BCUT2D eigenvalue weighted by Gasteiger charge is 2.15. The Bertz CT molecular complexity index is 184. The molecular weight excluding hydrogens is 178 g/mol. The van der Waals surface area contributed by atoms with Crippen LogP contribution < -0.4 is 5.73 Å². The van der Waals surface area contributed by atoms with Crippen LogP contribution in [0.2, 0.25) is 0 Å². The van der Waals surface area contributed by atoms with Gasteiger partial charge in [-0.25, -0.2) is 0 Å². The van der Waals surface area contributed by atoms with E-state index in [-0.39, 0.29) is 5.91 Å². The van der Waals surface area contributed by atoms with E-state index < -0.39 is 0 Å². The lowest BCUT2D eigenvalue weighted by Gasteiger charge is -2.20. The van der Waals surface area contributed by atoms with Crippen LogP contribution in [0, 0.1) is 0 Å². The fraction of sp³-hybridized carbons (Fsp3) is 0.900. The summed E-state index contributed by atoms with van der Waals surface area (Å²) < 4.78 is 0. The molecule has 0 aromatic heterocycles. The second-order valence-corrected chi connectivity index (χ2v) is 3.84. The fourth-order valence-electron chi connectivity index (χ4n) is 1.82. The normalized spacial score (nSPS) is 19.4. The predicted octanol–water partition coefficient (Wildman–Crippen LogP) is -0.111. The van der Waals surface area contributed by atoms with Gasteiger partial charge in [0, 0.05) is 26.6 Å². The van der Waals surface area contributed by atoms with Gasteiger partial charge in [-0.15, -0.1) is 0 Å². The second kappa shape index (κ2) is 5.98. The van der Waals surface area contributed by atoms with Gasteiger partial charge in [0.2, 0.25) is 5.91 Å². The Morgan fingerprint density at radius 2 is 2.07 bits per heavy atom. The van der Waals surface area contributed by atoms with Gasteiger partial charge < -0.3 is 15.5 Å². The number of nitrogens with two attached hydrogens (primary N) is 1. The zero-order valence-electron chi connectivity index (χ0n) is 9.04. The highest BCUT2D eigenvalue weighted by Crippen LogP contribution is 2.03. The Morgan fingerprint density at radius 1 is 1.29 bits per heavy atom. The topological polar surface area (TPSA) is 49.6 Å². The van der Waals surface area contributed by atoms with E-state index in [1.54, 1.807) is 6.92 Å². The number of amides is 1. The lowest BCUT2D eigenvalue weighted by molar-refractivity contribution is -0.128. The molecule has 1 aliphatic rings. The molecule has 0 atom stereocenters. The molecule has 4 nitrogen and oxygen atoms in total. The molecule has 1 saturated heterocycles. The van der Waals surface area contributed by atoms with Gasteiger partial charge in [-0.2, -0.15) is 0 Å². The van der Waals surface area contributed by atoms with Gasteiger partial charge in [0.05, 0.1) is 0 Å².